The standard InChI is InChI=1S/C17H17FN4O2S/c1-11-9-13(18)16-12(15(11)17-19-5-4-6-20-17)10-14(21-16)25(23,24)22-7-2-3-8-22/h4-6,9-10,21H,2-3,7-8H2,1H3. The molecule has 2 aromatic heterocycles. The maximum atomic E-state index is 14.4. The Morgan fingerprint density at radius 3 is 2.52 bits per heavy atom. The molecule has 3 heterocycles. The van der Waals surface area contributed by atoms with E-state index in [4.69, 9.17) is 0 Å². The lowest BCUT2D eigenvalue weighted by atomic mass is 10.0. The van der Waals surface area contributed by atoms with E-state index in [0.29, 0.717) is 35.4 Å². The van der Waals surface area contributed by atoms with E-state index >= 15 is 0 Å². The number of nitrogens with zero attached hydrogens (tertiary/aromatic N) is 3. The van der Waals surface area contributed by atoms with Gasteiger partial charge < -0.3 is 4.98 Å². The third-order valence-corrected chi connectivity index (χ3v) is 6.33. The molecular weight excluding hydrogens is 343 g/mol. The van der Waals surface area contributed by atoms with Gasteiger partial charge in [-0.25, -0.2) is 22.8 Å². The number of aryl methyl sites for hydroxylation is 1. The molecule has 6 nitrogen and oxygen atoms in total. The fourth-order valence-electron chi connectivity index (χ4n) is 3.29. The lowest BCUT2D eigenvalue weighted by molar-refractivity contribution is 0.475. The Morgan fingerprint density at radius 2 is 1.84 bits per heavy atom. The van der Waals surface area contributed by atoms with E-state index in [1.54, 1.807) is 25.4 Å². The Hall–Kier alpha value is -2.32. The summed E-state index contributed by atoms with van der Waals surface area (Å²) >= 11 is 0. The smallest absolute Gasteiger partial charge is 0.258 e. The van der Waals surface area contributed by atoms with Gasteiger partial charge in [0.1, 0.15) is 10.8 Å². The predicted octanol–water partition coefficient (Wildman–Crippen LogP) is 2.86. The molecule has 0 aliphatic carbocycles. The highest BCUT2D eigenvalue weighted by atomic mass is 32.2. The molecule has 0 atom stereocenters. The number of hydrogen-bond acceptors (Lipinski definition) is 4. The third-order valence-electron chi connectivity index (χ3n) is 4.51. The van der Waals surface area contributed by atoms with E-state index in [-0.39, 0.29) is 10.5 Å². The number of aromatic nitrogens is 3. The first-order chi connectivity index (χ1) is 12.0. The predicted molar refractivity (Wildman–Crippen MR) is 92.0 cm³/mol. The van der Waals surface area contributed by atoms with Crippen molar-refractivity contribution in [3.05, 3.63) is 42.0 Å². The Kier molecular flexibility index (Phi) is 3.81. The molecule has 0 amide bonds. The maximum absolute atomic E-state index is 14.4. The summed E-state index contributed by atoms with van der Waals surface area (Å²) in [5, 5.41) is 0.479. The summed E-state index contributed by atoms with van der Waals surface area (Å²) in [6.07, 6.45) is 4.89. The first-order valence-corrected chi connectivity index (χ1v) is 9.52. The molecule has 1 N–H and O–H groups in total. The van der Waals surface area contributed by atoms with Gasteiger partial charge in [-0.05, 0) is 43.5 Å². The summed E-state index contributed by atoms with van der Waals surface area (Å²) in [6.45, 7) is 2.75. The van der Waals surface area contributed by atoms with Crippen LogP contribution < -0.4 is 0 Å². The van der Waals surface area contributed by atoms with Gasteiger partial charge in [0.15, 0.2) is 5.82 Å². The number of H-pyrrole nitrogens is 1. The average Bonchev–Trinajstić information content (AvgIpc) is 3.26. The summed E-state index contributed by atoms with van der Waals surface area (Å²) in [7, 11) is -3.66. The molecule has 1 saturated heterocycles. The van der Waals surface area contributed by atoms with E-state index in [1.165, 1.54) is 16.4 Å². The van der Waals surface area contributed by atoms with Crippen LogP contribution in [0, 0.1) is 12.7 Å². The highest BCUT2D eigenvalue weighted by Gasteiger charge is 2.30. The monoisotopic (exact) mass is 360 g/mol. The van der Waals surface area contributed by atoms with E-state index in [1.807, 2.05) is 0 Å². The van der Waals surface area contributed by atoms with Crippen LogP contribution in [0.1, 0.15) is 18.4 Å². The van der Waals surface area contributed by atoms with E-state index in [0.717, 1.165) is 12.8 Å². The van der Waals surface area contributed by atoms with Crippen molar-refractivity contribution in [3.8, 4) is 11.4 Å². The number of aromatic amines is 1. The SMILES string of the molecule is Cc1cc(F)c2[nH]c(S(=O)(=O)N3CCCC3)cc2c1-c1ncccn1. The number of fused-ring (bicyclic) bond motifs is 1. The van der Waals surface area contributed by atoms with Gasteiger partial charge in [0.25, 0.3) is 10.0 Å². The van der Waals surface area contributed by atoms with Crippen molar-refractivity contribution in [3.63, 3.8) is 0 Å². The minimum atomic E-state index is -3.66. The summed E-state index contributed by atoms with van der Waals surface area (Å²) < 4.78 is 41.5. The van der Waals surface area contributed by atoms with Gasteiger partial charge in [0.2, 0.25) is 0 Å². The van der Waals surface area contributed by atoms with Gasteiger partial charge in [-0.2, -0.15) is 4.31 Å². The number of sulfonamides is 1. The largest absolute Gasteiger partial charge is 0.342 e. The van der Waals surface area contributed by atoms with Crippen LogP contribution >= 0.6 is 0 Å². The van der Waals surface area contributed by atoms with Crippen LogP contribution in [0.5, 0.6) is 0 Å². The highest BCUT2D eigenvalue weighted by molar-refractivity contribution is 7.89. The molecule has 130 valence electrons. The van der Waals surface area contributed by atoms with Crippen molar-refractivity contribution in [1.82, 2.24) is 19.3 Å². The molecular formula is C17H17FN4O2S. The zero-order valence-electron chi connectivity index (χ0n) is 13.7. The zero-order chi connectivity index (χ0) is 17.6. The molecule has 4 rings (SSSR count). The van der Waals surface area contributed by atoms with Crippen molar-refractivity contribution in [2.24, 2.45) is 0 Å². The van der Waals surface area contributed by atoms with Crippen molar-refractivity contribution < 1.29 is 12.8 Å². The molecule has 0 spiro atoms. The van der Waals surface area contributed by atoms with Crippen molar-refractivity contribution in [2.45, 2.75) is 24.8 Å². The fourth-order valence-corrected chi connectivity index (χ4v) is 4.81. The van der Waals surface area contributed by atoms with Crippen molar-refractivity contribution in [1.29, 1.82) is 0 Å². The van der Waals surface area contributed by atoms with E-state index in [9.17, 15) is 12.8 Å². The van der Waals surface area contributed by atoms with E-state index in [2.05, 4.69) is 15.0 Å². The van der Waals surface area contributed by atoms with Crippen LogP contribution in [0.25, 0.3) is 22.3 Å². The van der Waals surface area contributed by atoms with Gasteiger partial charge in [0.05, 0.1) is 5.52 Å². The average molecular weight is 360 g/mol. The molecule has 3 aromatic rings. The number of rotatable bonds is 3. The first kappa shape index (κ1) is 16.2. The Balaban J connectivity index is 1.95. The molecule has 25 heavy (non-hydrogen) atoms. The Labute approximate surface area is 144 Å². The first-order valence-electron chi connectivity index (χ1n) is 8.08. The molecule has 0 saturated carbocycles. The second-order valence-corrected chi connectivity index (χ2v) is 8.06. The Morgan fingerprint density at radius 1 is 1.16 bits per heavy atom. The van der Waals surface area contributed by atoms with Crippen molar-refractivity contribution >= 4 is 20.9 Å². The summed E-state index contributed by atoms with van der Waals surface area (Å²) in [5.41, 5.74) is 1.45. The van der Waals surface area contributed by atoms with Crippen LogP contribution in [-0.2, 0) is 10.0 Å². The summed E-state index contributed by atoms with van der Waals surface area (Å²) in [5.74, 6) is -0.0517. The summed E-state index contributed by atoms with van der Waals surface area (Å²) in [6, 6.07) is 4.56. The second-order valence-electron chi connectivity index (χ2n) is 6.16. The fraction of sp³-hybridized carbons (Fsp3) is 0.294. The van der Waals surface area contributed by atoms with Gasteiger partial charge in [-0.15, -0.1) is 0 Å². The van der Waals surface area contributed by atoms with Crippen molar-refractivity contribution in [2.75, 3.05) is 13.1 Å². The van der Waals surface area contributed by atoms with E-state index < -0.39 is 15.8 Å². The molecule has 1 aliphatic rings. The maximum Gasteiger partial charge on any atom is 0.258 e. The van der Waals surface area contributed by atoms with Crippen LogP contribution in [0.15, 0.2) is 35.6 Å². The van der Waals surface area contributed by atoms with Crippen LogP contribution in [0.4, 0.5) is 4.39 Å². The van der Waals surface area contributed by atoms with Crippen LogP contribution in [0.2, 0.25) is 0 Å². The molecule has 1 fully saturated rings. The topological polar surface area (TPSA) is 79.0 Å². The normalized spacial score (nSPS) is 15.9. The number of benzene rings is 1. The Bertz CT molecular complexity index is 1040. The molecule has 0 radical (unpaired) electrons. The lowest BCUT2D eigenvalue weighted by Crippen LogP contribution is -2.28. The third kappa shape index (κ3) is 2.61. The highest BCUT2D eigenvalue weighted by Crippen LogP contribution is 2.34. The number of halogens is 1. The van der Waals surface area contributed by atoms with Gasteiger partial charge in [-0.1, -0.05) is 0 Å². The quantitative estimate of drug-likeness (QED) is 0.779. The lowest BCUT2D eigenvalue weighted by Gasteiger charge is -2.13. The number of nitrogens with one attached hydrogen (secondary N) is 1. The zero-order valence-corrected chi connectivity index (χ0v) is 14.5. The minimum absolute atomic E-state index is 0.00563. The number of hydrogen-bond donors (Lipinski definition) is 1. The van der Waals surface area contributed by atoms with Crippen LogP contribution in [0.3, 0.4) is 0 Å². The van der Waals surface area contributed by atoms with Gasteiger partial charge in [-0.3, -0.25) is 0 Å². The molecule has 0 unspecified atom stereocenters. The summed E-state index contributed by atoms with van der Waals surface area (Å²) in [4.78, 5) is 11.2. The minimum Gasteiger partial charge on any atom is -0.342 e. The molecule has 8 heteroatoms. The van der Waals surface area contributed by atoms with Gasteiger partial charge >= 0.3 is 0 Å². The second kappa shape index (κ2) is 5.89. The molecule has 0 bridgehead atoms. The van der Waals surface area contributed by atoms with Gasteiger partial charge in [0, 0.05) is 36.4 Å². The molecule has 1 aromatic carbocycles. The molecule has 1 aliphatic heterocycles. The van der Waals surface area contributed by atoms with Crippen LogP contribution in [-0.4, -0.2) is 40.8 Å².